The first-order valence-electron chi connectivity index (χ1n) is 8.25. The van der Waals surface area contributed by atoms with Crippen molar-refractivity contribution in [2.75, 3.05) is 19.6 Å². The lowest BCUT2D eigenvalue weighted by molar-refractivity contribution is 0.309. The Kier molecular flexibility index (Phi) is 3.43. The first kappa shape index (κ1) is 13.3. The Hall–Kier alpha value is -1.39. The van der Waals surface area contributed by atoms with Gasteiger partial charge in [0.05, 0.1) is 11.2 Å². The molecular formula is C17H24N4. The van der Waals surface area contributed by atoms with E-state index in [0.29, 0.717) is 6.04 Å². The van der Waals surface area contributed by atoms with Crippen molar-refractivity contribution >= 4 is 10.9 Å². The highest BCUT2D eigenvalue weighted by atomic mass is 15.3. The third-order valence-electron chi connectivity index (χ3n) is 5.08. The Morgan fingerprint density at radius 1 is 1.29 bits per heavy atom. The van der Waals surface area contributed by atoms with Gasteiger partial charge in [0.25, 0.3) is 0 Å². The lowest BCUT2D eigenvalue weighted by Crippen LogP contribution is -2.40. The minimum atomic E-state index is 0.707. The third kappa shape index (κ3) is 2.36. The molecule has 4 rings (SSSR count). The number of nitrogens with zero attached hydrogens (tertiary/aromatic N) is 3. The van der Waals surface area contributed by atoms with Gasteiger partial charge in [-0.3, -0.25) is 9.58 Å². The number of hydrogen-bond acceptors (Lipinski definition) is 3. The lowest BCUT2D eigenvalue weighted by Gasteiger charge is -2.24. The molecule has 0 bridgehead atoms. The Balaban J connectivity index is 1.57. The van der Waals surface area contributed by atoms with E-state index in [2.05, 4.69) is 46.1 Å². The molecule has 0 saturated carbocycles. The normalized spacial score (nSPS) is 26.3. The molecule has 2 aliphatic heterocycles. The fraction of sp³-hybridized carbons (Fsp3) is 0.588. The number of hydrogen-bond donors (Lipinski definition) is 1. The molecule has 2 saturated heterocycles. The molecule has 4 heteroatoms. The molecule has 0 radical (unpaired) electrons. The number of para-hydroxylation sites is 1. The van der Waals surface area contributed by atoms with Gasteiger partial charge in [0.15, 0.2) is 0 Å². The fourth-order valence-electron chi connectivity index (χ4n) is 4.03. The molecule has 21 heavy (non-hydrogen) atoms. The highest BCUT2D eigenvalue weighted by molar-refractivity contribution is 5.81. The van der Waals surface area contributed by atoms with Crippen molar-refractivity contribution in [3.8, 4) is 0 Å². The molecule has 2 aliphatic rings. The standard InChI is InChI=1S/C17H24N4/c1-2-21-17-8-4-3-7-14(17)16(19-21)12-20-10-13-6-5-9-18-15(13)11-20/h3-4,7-8,13,15,18H,2,5-6,9-12H2,1H3/t13-,15+/m0/s1. The number of rotatable bonds is 3. The number of aromatic nitrogens is 2. The SMILES string of the molecule is CCn1nc(CN2C[C@@H]3CCCN[C@@H]3C2)c2ccccc21. The largest absolute Gasteiger partial charge is 0.312 e. The molecule has 0 unspecified atom stereocenters. The van der Waals surface area contributed by atoms with Crippen LogP contribution in [0.1, 0.15) is 25.5 Å². The predicted molar refractivity (Wildman–Crippen MR) is 85.2 cm³/mol. The second-order valence-corrected chi connectivity index (χ2v) is 6.44. The summed E-state index contributed by atoms with van der Waals surface area (Å²) in [6.07, 6.45) is 2.72. The highest BCUT2D eigenvalue weighted by Crippen LogP contribution is 2.27. The maximum absolute atomic E-state index is 4.84. The van der Waals surface area contributed by atoms with Crippen molar-refractivity contribution < 1.29 is 0 Å². The average Bonchev–Trinajstić information content (AvgIpc) is 3.08. The van der Waals surface area contributed by atoms with E-state index in [1.165, 1.54) is 49.1 Å². The minimum absolute atomic E-state index is 0.707. The molecule has 0 aliphatic carbocycles. The zero-order valence-electron chi connectivity index (χ0n) is 12.8. The van der Waals surface area contributed by atoms with E-state index < -0.39 is 0 Å². The molecule has 0 spiro atoms. The van der Waals surface area contributed by atoms with Crippen LogP contribution in [0.15, 0.2) is 24.3 Å². The highest BCUT2D eigenvalue weighted by Gasteiger charge is 2.34. The van der Waals surface area contributed by atoms with E-state index in [1.807, 2.05) is 0 Å². The van der Waals surface area contributed by atoms with Crippen LogP contribution in [0.2, 0.25) is 0 Å². The summed E-state index contributed by atoms with van der Waals surface area (Å²) in [5.74, 6) is 0.846. The van der Waals surface area contributed by atoms with Gasteiger partial charge in [-0.2, -0.15) is 5.10 Å². The number of likely N-dealkylation sites (tertiary alicyclic amines) is 1. The van der Waals surface area contributed by atoms with E-state index in [0.717, 1.165) is 19.0 Å². The van der Waals surface area contributed by atoms with Crippen LogP contribution in [0.3, 0.4) is 0 Å². The van der Waals surface area contributed by atoms with E-state index in [4.69, 9.17) is 5.10 Å². The summed E-state index contributed by atoms with van der Waals surface area (Å²) < 4.78 is 2.13. The molecule has 0 amide bonds. The Labute approximate surface area is 126 Å². The summed E-state index contributed by atoms with van der Waals surface area (Å²) in [6, 6.07) is 9.33. The van der Waals surface area contributed by atoms with Gasteiger partial charge in [-0.15, -0.1) is 0 Å². The number of benzene rings is 1. The second-order valence-electron chi connectivity index (χ2n) is 6.44. The smallest absolute Gasteiger partial charge is 0.0843 e. The van der Waals surface area contributed by atoms with Crippen molar-refractivity contribution in [1.82, 2.24) is 20.0 Å². The number of fused-ring (bicyclic) bond motifs is 2. The quantitative estimate of drug-likeness (QED) is 0.938. The molecule has 1 aromatic carbocycles. The molecule has 112 valence electrons. The van der Waals surface area contributed by atoms with E-state index in [1.54, 1.807) is 0 Å². The number of aryl methyl sites for hydroxylation is 1. The van der Waals surface area contributed by atoms with Gasteiger partial charge in [0.1, 0.15) is 0 Å². The van der Waals surface area contributed by atoms with Crippen LogP contribution in [0.5, 0.6) is 0 Å². The van der Waals surface area contributed by atoms with Gasteiger partial charge in [-0.1, -0.05) is 18.2 Å². The van der Waals surface area contributed by atoms with Gasteiger partial charge < -0.3 is 5.32 Å². The summed E-state index contributed by atoms with van der Waals surface area (Å²) in [7, 11) is 0. The Bertz CT molecular complexity index is 619. The first-order valence-corrected chi connectivity index (χ1v) is 8.25. The molecule has 3 heterocycles. The van der Waals surface area contributed by atoms with Gasteiger partial charge in [0, 0.05) is 37.6 Å². The van der Waals surface area contributed by atoms with E-state index >= 15 is 0 Å². The molecule has 1 aromatic heterocycles. The molecule has 2 fully saturated rings. The van der Waals surface area contributed by atoms with Crippen molar-refractivity contribution in [2.45, 2.75) is 38.9 Å². The number of nitrogens with one attached hydrogen (secondary N) is 1. The van der Waals surface area contributed by atoms with Crippen LogP contribution < -0.4 is 5.32 Å². The predicted octanol–water partition coefficient (Wildman–Crippen LogP) is 2.24. The number of piperidine rings is 1. The minimum Gasteiger partial charge on any atom is -0.312 e. The van der Waals surface area contributed by atoms with E-state index in [9.17, 15) is 0 Å². The summed E-state index contributed by atoms with van der Waals surface area (Å²) in [5, 5.41) is 9.85. The molecule has 4 nitrogen and oxygen atoms in total. The molecule has 1 N–H and O–H groups in total. The zero-order chi connectivity index (χ0) is 14.2. The van der Waals surface area contributed by atoms with Gasteiger partial charge >= 0.3 is 0 Å². The van der Waals surface area contributed by atoms with Gasteiger partial charge in [0.2, 0.25) is 0 Å². The maximum Gasteiger partial charge on any atom is 0.0843 e. The lowest BCUT2D eigenvalue weighted by atomic mass is 9.94. The summed E-state index contributed by atoms with van der Waals surface area (Å²) >= 11 is 0. The molecular weight excluding hydrogens is 260 g/mol. The Morgan fingerprint density at radius 3 is 3.05 bits per heavy atom. The summed E-state index contributed by atoms with van der Waals surface area (Å²) in [5.41, 5.74) is 2.51. The van der Waals surface area contributed by atoms with Crippen LogP contribution in [-0.2, 0) is 13.1 Å². The van der Waals surface area contributed by atoms with Crippen molar-refractivity contribution in [3.05, 3.63) is 30.0 Å². The topological polar surface area (TPSA) is 33.1 Å². The van der Waals surface area contributed by atoms with Gasteiger partial charge in [-0.25, -0.2) is 0 Å². The van der Waals surface area contributed by atoms with E-state index in [-0.39, 0.29) is 0 Å². The Morgan fingerprint density at radius 2 is 2.19 bits per heavy atom. The summed E-state index contributed by atoms with van der Waals surface area (Å²) in [6.45, 7) is 7.69. The average molecular weight is 284 g/mol. The van der Waals surface area contributed by atoms with Crippen LogP contribution in [0.25, 0.3) is 10.9 Å². The summed E-state index contributed by atoms with van der Waals surface area (Å²) in [4.78, 5) is 2.59. The maximum atomic E-state index is 4.84. The third-order valence-corrected chi connectivity index (χ3v) is 5.08. The monoisotopic (exact) mass is 284 g/mol. The first-order chi connectivity index (χ1) is 10.3. The van der Waals surface area contributed by atoms with Crippen LogP contribution in [0.4, 0.5) is 0 Å². The fourth-order valence-corrected chi connectivity index (χ4v) is 4.03. The van der Waals surface area contributed by atoms with Crippen molar-refractivity contribution in [2.24, 2.45) is 5.92 Å². The van der Waals surface area contributed by atoms with Crippen LogP contribution in [0, 0.1) is 5.92 Å². The van der Waals surface area contributed by atoms with Crippen LogP contribution >= 0.6 is 0 Å². The van der Waals surface area contributed by atoms with Gasteiger partial charge in [-0.05, 0) is 38.3 Å². The van der Waals surface area contributed by atoms with Crippen molar-refractivity contribution in [3.63, 3.8) is 0 Å². The van der Waals surface area contributed by atoms with Crippen molar-refractivity contribution in [1.29, 1.82) is 0 Å². The second kappa shape index (κ2) is 5.43. The zero-order valence-corrected chi connectivity index (χ0v) is 12.8. The van der Waals surface area contributed by atoms with Crippen LogP contribution in [-0.4, -0.2) is 40.4 Å². The molecule has 2 aromatic rings. The molecule has 2 atom stereocenters.